The molecule has 1 aliphatic rings. The first-order valence-corrected chi connectivity index (χ1v) is 9.63. The second kappa shape index (κ2) is 8.39. The Hall–Kier alpha value is -4.00. The lowest BCUT2D eigenvalue weighted by molar-refractivity contribution is -0.140. The van der Waals surface area contributed by atoms with Gasteiger partial charge in [0.25, 0.3) is 11.7 Å². The molecule has 158 valence electrons. The van der Waals surface area contributed by atoms with Crippen molar-refractivity contribution in [2.45, 2.75) is 12.6 Å². The van der Waals surface area contributed by atoms with Crippen molar-refractivity contribution >= 4 is 17.4 Å². The van der Waals surface area contributed by atoms with Gasteiger partial charge < -0.3 is 23.9 Å². The van der Waals surface area contributed by atoms with E-state index in [9.17, 15) is 14.7 Å². The molecule has 2 heterocycles. The number of carbonyl (C=O) groups is 2. The van der Waals surface area contributed by atoms with Gasteiger partial charge in [-0.1, -0.05) is 24.3 Å². The molecule has 1 unspecified atom stereocenters. The number of aliphatic hydroxyl groups excluding tert-OH is 1. The molecule has 0 radical (unpaired) electrons. The first kappa shape index (κ1) is 20.3. The average molecular weight is 419 g/mol. The summed E-state index contributed by atoms with van der Waals surface area (Å²) in [6, 6.07) is 16.4. The van der Waals surface area contributed by atoms with Gasteiger partial charge in [0.2, 0.25) is 0 Å². The number of ether oxygens (including phenoxy) is 2. The van der Waals surface area contributed by atoms with Gasteiger partial charge in [0.15, 0.2) is 0 Å². The van der Waals surface area contributed by atoms with Crippen molar-refractivity contribution in [3.8, 4) is 11.5 Å². The van der Waals surface area contributed by atoms with E-state index >= 15 is 0 Å². The van der Waals surface area contributed by atoms with Crippen molar-refractivity contribution in [3.63, 3.8) is 0 Å². The Kier molecular flexibility index (Phi) is 5.49. The van der Waals surface area contributed by atoms with Gasteiger partial charge in [0, 0.05) is 0 Å². The molecule has 1 N–H and O–H groups in total. The summed E-state index contributed by atoms with van der Waals surface area (Å²) in [6.07, 6.45) is 1.50. The number of hydrogen-bond acceptors (Lipinski definition) is 6. The zero-order valence-electron chi connectivity index (χ0n) is 17.1. The van der Waals surface area contributed by atoms with Crippen molar-refractivity contribution in [2.24, 2.45) is 0 Å². The van der Waals surface area contributed by atoms with Crippen LogP contribution in [-0.2, 0) is 16.1 Å². The van der Waals surface area contributed by atoms with Crippen LogP contribution in [0.4, 0.5) is 0 Å². The molecule has 0 bridgehead atoms. The van der Waals surface area contributed by atoms with Gasteiger partial charge in [0.1, 0.15) is 23.0 Å². The van der Waals surface area contributed by atoms with E-state index in [2.05, 4.69) is 0 Å². The highest BCUT2D eigenvalue weighted by Crippen LogP contribution is 2.41. The third-order valence-corrected chi connectivity index (χ3v) is 5.24. The van der Waals surface area contributed by atoms with E-state index in [0.29, 0.717) is 28.4 Å². The topological polar surface area (TPSA) is 89.2 Å². The molecule has 1 fully saturated rings. The second-order valence-electron chi connectivity index (χ2n) is 6.98. The number of para-hydroxylation sites is 1. The van der Waals surface area contributed by atoms with E-state index in [0.717, 1.165) is 0 Å². The summed E-state index contributed by atoms with van der Waals surface area (Å²) in [4.78, 5) is 27.4. The smallest absolute Gasteiger partial charge is 0.296 e. The Morgan fingerprint density at radius 3 is 2.39 bits per heavy atom. The van der Waals surface area contributed by atoms with Crippen molar-refractivity contribution in [3.05, 3.63) is 89.4 Å². The first-order valence-electron chi connectivity index (χ1n) is 9.63. The summed E-state index contributed by atoms with van der Waals surface area (Å²) in [5.74, 6) is -0.220. The lowest BCUT2D eigenvalue weighted by Gasteiger charge is -2.24. The number of amides is 1. The highest BCUT2D eigenvalue weighted by Gasteiger charge is 2.46. The van der Waals surface area contributed by atoms with Crippen molar-refractivity contribution in [1.82, 2.24) is 4.90 Å². The van der Waals surface area contributed by atoms with Gasteiger partial charge in [-0.05, 0) is 42.0 Å². The zero-order chi connectivity index (χ0) is 22.0. The SMILES string of the molecule is COc1ccc(C2/C(=C(/O)c3ccccc3OC)C(=O)C(=O)N2Cc2ccco2)cc1. The van der Waals surface area contributed by atoms with Crippen LogP contribution in [0.1, 0.15) is 22.9 Å². The fraction of sp³-hybridized carbons (Fsp3) is 0.167. The third kappa shape index (κ3) is 3.66. The molecule has 1 aliphatic heterocycles. The normalized spacial score (nSPS) is 17.7. The molecule has 2 aromatic carbocycles. The molecular formula is C24H21NO6. The number of Topliss-reactive ketones (excluding diaryl/α,β-unsaturated/α-hetero) is 1. The van der Waals surface area contributed by atoms with Crippen LogP contribution in [-0.4, -0.2) is 35.9 Å². The molecule has 1 saturated heterocycles. The van der Waals surface area contributed by atoms with Gasteiger partial charge in [-0.2, -0.15) is 0 Å². The number of furan rings is 1. The Bertz CT molecular complexity index is 1130. The molecule has 1 amide bonds. The maximum absolute atomic E-state index is 13.1. The van der Waals surface area contributed by atoms with Crippen molar-refractivity contribution in [2.75, 3.05) is 14.2 Å². The van der Waals surface area contributed by atoms with E-state index in [4.69, 9.17) is 13.9 Å². The molecule has 3 aromatic rings. The number of benzene rings is 2. The average Bonchev–Trinajstić information content (AvgIpc) is 3.41. The maximum Gasteiger partial charge on any atom is 0.296 e. The standard InChI is InChI=1S/C24H21NO6/c1-29-16-11-9-15(10-12-16)21-20(22(26)18-7-3-4-8-19(18)30-2)23(27)24(28)25(21)14-17-6-5-13-31-17/h3-13,21,26H,14H2,1-2H3/b22-20-. The van der Waals surface area contributed by atoms with Gasteiger partial charge in [-0.15, -0.1) is 0 Å². The lowest BCUT2D eigenvalue weighted by atomic mass is 9.95. The van der Waals surface area contributed by atoms with E-state index in [1.807, 2.05) is 0 Å². The first-order chi connectivity index (χ1) is 15.0. The number of nitrogens with zero attached hydrogens (tertiary/aromatic N) is 1. The molecule has 0 aliphatic carbocycles. The fourth-order valence-electron chi connectivity index (χ4n) is 3.73. The van der Waals surface area contributed by atoms with E-state index in [1.54, 1.807) is 67.8 Å². The molecule has 1 aromatic heterocycles. The van der Waals surface area contributed by atoms with Crippen molar-refractivity contribution in [1.29, 1.82) is 0 Å². The summed E-state index contributed by atoms with van der Waals surface area (Å²) in [7, 11) is 3.03. The van der Waals surface area contributed by atoms with Crippen LogP contribution in [0.15, 0.2) is 76.9 Å². The van der Waals surface area contributed by atoms with Crippen LogP contribution in [0.3, 0.4) is 0 Å². The van der Waals surface area contributed by atoms with Crippen molar-refractivity contribution < 1.29 is 28.6 Å². The minimum absolute atomic E-state index is 0.00813. The number of rotatable bonds is 6. The summed E-state index contributed by atoms with van der Waals surface area (Å²) in [5.41, 5.74) is 0.980. The predicted octanol–water partition coefficient (Wildman–Crippen LogP) is 3.92. The largest absolute Gasteiger partial charge is 0.507 e. The Balaban J connectivity index is 1.88. The number of ketones is 1. The summed E-state index contributed by atoms with van der Waals surface area (Å²) in [6.45, 7) is 0.0803. The number of methoxy groups -OCH3 is 2. The zero-order valence-corrected chi connectivity index (χ0v) is 17.1. The van der Waals surface area contributed by atoms with Gasteiger partial charge in [-0.3, -0.25) is 9.59 Å². The third-order valence-electron chi connectivity index (χ3n) is 5.24. The highest BCUT2D eigenvalue weighted by molar-refractivity contribution is 6.46. The molecule has 1 atom stereocenters. The summed E-state index contributed by atoms with van der Waals surface area (Å²) < 4.78 is 15.9. The molecule has 31 heavy (non-hydrogen) atoms. The predicted molar refractivity (Wildman–Crippen MR) is 113 cm³/mol. The Labute approximate surface area is 179 Å². The molecule has 7 heteroatoms. The number of likely N-dealkylation sites (tertiary alicyclic amines) is 1. The van der Waals surface area contributed by atoms with Crippen LogP contribution in [0.25, 0.3) is 5.76 Å². The quantitative estimate of drug-likeness (QED) is 0.370. The van der Waals surface area contributed by atoms with Crippen LogP contribution < -0.4 is 9.47 Å². The van der Waals surface area contributed by atoms with Gasteiger partial charge in [0.05, 0.1) is 44.2 Å². The van der Waals surface area contributed by atoms with Crippen LogP contribution in [0, 0.1) is 0 Å². The highest BCUT2D eigenvalue weighted by atomic mass is 16.5. The van der Waals surface area contributed by atoms with Gasteiger partial charge >= 0.3 is 0 Å². The Morgan fingerprint density at radius 2 is 1.74 bits per heavy atom. The van der Waals surface area contributed by atoms with Crippen LogP contribution in [0.5, 0.6) is 11.5 Å². The molecule has 0 spiro atoms. The maximum atomic E-state index is 13.1. The minimum atomic E-state index is -0.805. The molecule has 7 nitrogen and oxygen atoms in total. The Morgan fingerprint density at radius 1 is 1.00 bits per heavy atom. The molecular weight excluding hydrogens is 398 g/mol. The lowest BCUT2D eigenvalue weighted by Crippen LogP contribution is -2.29. The second-order valence-corrected chi connectivity index (χ2v) is 6.98. The minimum Gasteiger partial charge on any atom is -0.507 e. The summed E-state index contributed by atoms with van der Waals surface area (Å²) in [5, 5.41) is 11.1. The van der Waals surface area contributed by atoms with Crippen LogP contribution >= 0.6 is 0 Å². The number of hydrogen-bond donors (Lipinski definition) is 1. The fourth-order valence-corrected chi connectivity index (χ4v) is 3.73. The van der Waals surface area contributed by atoms with Gasteiger partial charge in [-0.25, -0.2) is 0 Å². The van der Waals surface area contributed by atoms with E-state index < -0.39 is 17.7 Å². The summed E-state index contributed by atoms with van der Waals surface area (Å²) >= 11 is 0. The monoisotopic (exact) mass is 419 g/mol. The molecule has 4 rings (SSSR count). The molecule has 0 saturated carbocycles. The number of carbonyl (C=O) groups excluding carboxylic acids is 2. The van der Waals surface area contributed by atoms with E-state index in [-0.39, 0.29) is 17.9 Å². The number of aliphatic hydroxyl groups is 1. The van der Waals surface area contributed by atoms with E-state index in [1.165, 1.54) is 18.3 Å². The van der Waals surface area contributed by atoms with Crippen LogP contribution in [0.2, 0.25) is 0 Å².